The Morgan fingerprint density at radius 2 is 1.73 bits per heavy atom. The van der Waals surface area contributed by atoms with Crippen LogP contribution in [0.15, 0.2) is 42.5 Å². The van der Waals surface area contributed by atoms with Crippen LogP contribution in [0.2, 0.25) is 0 Å². The van der Waals surface area contributed by atoms with Gasteiger partial charge in [-0.2, -0.15) is 0 Å². The van der Waals surface area contributed by atoms with E-state index in [9.17, 15) is 8.42 Å². The molecule has 4 heteroatoms. The summed E-state index contributed by atoms with van der Waals surface area (Å²) in [5, 5.41) is 2.12. The van der Waals surface area contributed by atoms with E-state index >= 15 is 0 Å². The van der Waals surface area contributed by atoms with Crippen molar-refractivity contribution in [1.29, 1.82) is 0 Å². The maximum atomic E-state index is 12.3. The Morgan fingerprint density at radius 3 is 2.59 bits per heavy atom. The van der Waals surface area contributed by atoms with Crippen LogP contribution in [0.5, 0.6) is 5.75 Å². The van der Waals surface area contributed by atoms with Crippen LogP contribution >= 0.6 is 0 Å². The average molecular weight is 316 g/mol. The van der Waals surface area contributed by atoms with E-state index in [2.05, 4.69) is 12.1 Å². The molecule has 22 heavy (non-hydrogen) atoms. The molecule has 1 saturated carbocycles. The Balaban J connectivity index is 1.61. The summed E-state index contributed by atoms with van der Waals surface area (Å²) < 4.78 is 30.8. The topological polar surface area (TPSA) is 43.4 Å². The van der Waals surface area contributed by atoms with E-state index in [0.29, 0.717) is 0 Å². The maximum Gasteiger partial charge on any atom is 0.157 e. The van der Waals surface area contributed by atoms with Crippen molar-refractivity contribution in [3.63, 3.8) is 0 Å². The van der Waals surface area contributed by atoms with Crippen LogP contribution in [0, 0.1) is 5.92 Å². The van der Waals surface area contributed by atoms with Gasteiger partial charge in [-0.3, -0.25) is 0 Å². The predicted molar refractivity (Wildman–Crippen MR) is 87.9 cm³/mol. The monoisotopic (exact) mass is 316 g/mol. The third kappa shape index (κ3) is 2.39. The number of hydrogen-bond acceptors (Lipinski definition) is 3. The number of fused-ring (bicyclic) bond motifs is 2. The molecule has 0 bridgehead atoms. The standard InChI is InChI=1S/C18H20O3S/c19-22(20)12-17(16-7-3-4-8-18(16)22)21-15-10-9-13-5-1-2-6-14(13)11-15/h1-2,5-6,9-11,16-18H,3-4,7-8,12H2. The molecule has 0 aromatic heterocycles. The molecule has 0 amide bonds. The third-order valence-corrected chi connectivity index (χ3v) is 7.40. The molecule has 1 saturated heterocycles. The Bertz CT molecular complexity index is 797. The lowest BCUT2D eigenvalue weighted by atomic mass is 9.85. The van der Waals surface area contributed by atoms with Crippen molar-refractivity contribution < 1.29 is 13.2 Å². The SMILES string of the molecule is O=S1(=O)CC(Oc2ccc3ccccc3c2)C2CCCCC21. The lowest BCUT2D eigenvalue weighted by Crippen LogP contribution is -2.31. The Kier molecular flexibility index (Phi) is 3.37. The first-order valence-electron chi connectivity index (χ1n) is 8.00. The predicted octanol–water partition coefficient (Wildman–Crippen LogP) is 3.57. The molecule has 3 atom stereocenters. The molecule has 2 aromatic carbocycles. The molecular formula is C18H20O3S. The second kappa shape index (κ2) is 5.27. The van der Waals surface area contributed by atoms with Gasteiger partial charge in [-0.25, -0.2) is 8.42 Å². The molecule has 116 valence electrons. The second-order valence-electron chi connectivity index (χ2n) is 6.48. The van der Waals surface area contributed by atoms with Gasteiger partial charge in [0.2, 0.25) is 0 Å². The van der Waals surface area contributed by atoms with Crippen LogP contribution in [-0.4, -0.2) is 25.5 Å². The molecule has 2 aliphatic rings. The Labute approximate surface area is 131 Å². The van der Waals surface area contributed by atoms with Gasteiger partial charge in [0.15, 0.2) is 9.84 Å². The minimum absolute atomic E-state index is 0.172. The van der Waals surface area contributed by atoms with Crippen molar-refractivity contribution in [3.05, 3.63) is 42.5 Å². The van der Waals surface area contributed by atoms with Crippen LogP contribution < -0.4 is 4.74 Å². The summed E-state index contributed by atoms with van der Waals surface area (Å²) in [6.45, 7) is 0. The number of rotatable bonds is 2. The summed E-state index contributed by atoms with van der Waals surface area (Å²) in [4.78, 5) is 0. The Hall–Kier alpha value is -1.55. The van der Waals surface area contributed by atoms with E-state index in [1.54, 1.807) is 0 Å². The molecule has 2 aromatic rings. The van der Waals surface area contributed by atoms with E-state index in [4.69, 9.17) is 4.74 Å². The summed E-state index contributed by atoms with van der Waals surface area (Å²) in [5.41, 5.74) is 0. The van der Waals surface area contributed by atoms with Crippen LogP contribution in [0.3, 0.4) is 0 Å². The number of sulfone groups is 1. The van der Waals surface area contributed by atoms with Gasteiger partial charge < -0.3 is 4.74 Å². The molecule has 0 N–H and O–H groups in total. The molecule has 3 unspecified atom stereocenters. The van der Waals surface area contributed by atoms with E-state index in [1.807, 2.05) is 30.3 Å². The molecule has 0 spiro atoms. The number of ether oxygens (including phenoxy) is 1. The summed E-state index contributed by atoms with van der Waals surface area (Å²) in [5.74, 6) is 1.13. The number of hydrogen-bond donors (Lipinski definition) is 0. The lowest BCUT2D eigenvalue weighted by molar-refractivity contribution is 0.143. The van der Waals surface area contributed by atoms with E-state index in [-0.39, 0.29) is 23.0 Å². The van der Waals surface area contributed by atoms with Crippen molar-refractivity contribution in [2.24, 2.45) is 5.92 Å². The second-order valence-corrected chi connectivity index (χ2v) is 8.75. The summed E-state index contributed by atoms with van der Waals surface area (Å²) in [6.07, 6.45) is 3.75. The third-order valence-electron chi connectivity index (χ3n) is 5.10. The van der Waals surface area contributed by atoms with E-state index < -0.39 is 9.84 Å². The van der Waals surface area contributed by atoms with E-state index in [0.717, 1.165) is 36.8 Å². The first kappa shape index (κ1) is 14.1. The fraction of sp³-hybridized carbons (Fsp3) is 0.444. The van der Waals surface area contributed by atoms with Gasteiger partial charge in [-0.1, -0.05) is 43.2 Å². The quantitative estimate of drug-likeness (QED) is 0.850. The summed E-state index contributed by atoms with van der Waals surface area (Å²) >= 11 is 0. The smallest absolute Gasteiger partial charge is 0.157 e. The highest BCUT2D eigenvalue weighted by atomic mass is 32.2. The minimum atomic E-state index is -2.98. The highest BCUT2D eigenvalue weighted by Gasteiger charge is 2.49. The fourth-order valence-corrected chi connectivity index (χ4v) is 6.40. The first-order chi connectivity index (χ1) is 10.6. The van der Waals surface area contributed by atoms with Crippen molar-refractivity contribution in [3.8, 4) is 5.75 Å². The summed E-state index contributed by atoms with van der Waals surface area (Å²) in [7, 11) is -2.98. The molecule has 1 heterocycles. The van der Waals surface area contributed by atoms with Gasteiger partial charge in [-0.15, -0.1) is 0 Å². The van der Waals surface area contributed by atoms with Crippen molar-refractivity contribution in [2.75, 3.05) is 5.75 Å². The average Bonchev–Trinajstić information content (AvgIpc) is 2.79. The molecule has 0 radical (unpaired) electrons. The zero-order chi connectivity index (χ0) is 15.2. The fourth-order valence-electron chi connectivity index (χ4n) is 4.01. The van der Waals surface area contributed by atoms with Crippen LogP contribution in [-0.2, 0) is 9.84 Å². The van der Waals surface area contributed by atoms with Crippen LogP contribution in [0.1, 0.15) is 25.7 Å². The molecular weight excluding hydrogens is 296 g/mol. The van der Waals surface area contributed by atoms with Gasteiger partial charge in [0.25, 0.3) is 0 Å². The van der Waals surface area contributed by atoms with Crippen molar-refractivity contribution in [1.82, 2.24) is 0 Å². The highest BCUT2D eigenvalue weighted by molar-refractivity contribution is 7.92. The summed E-state index contributed by atoms with van der Waals surface area (Å²) in [6, 6.07) is 14.1. The van der Waals surface area contributed by atoms with Gasteiger partial charge in [0, 0.05) is 5.92 Å². The normalized spacial score (nSPS) is 30.1. The molecule has 3 nitrogen and oxygen atoms in total. The molecule has 2 fully saturated rings. The zero-order valence-corrected chi connectivity index (χ0v) is 13.3. The molecule has 4 rings (SSSR count). The molecule has 1 aliphatic heterocycles. The maximum absolute atomic E-state index is 12.3. The first-order valence-corrected chi connectivity index (χ1v) is 9.72. The van der Waals surface area contributed by atoms with Gasteiger partial charge in [0.1, 0.15) is 11.9 Å². The van der Waals surface area contributed by atoms with Gasteiger partial charge in [0.05, 0.1) is 11.0 Å². The lowest BCUT2D eigenvalue weighted by Gasteiger charge is -2.27. The van der Waals surface area contributed by atoms with Gasteiger partial charge >= 0.3 is 0 Å². The number of benzene rings is 2. The zero-order valence-electron chi connectivity index (χ0n) is 12.4. The molecule has 1 aliphatic carbocycles. The van der Waals surface area contributed by atoms with Crippen molar-refractivity contribution in [2.45, 2.75) is 37.0 Å². The van der Waals surface area contributed by atoms with Gasteiger partial charge in [-0.05, 0) is 35.7 Å². The van der Waals surface area contributed by atoms with Crippen LogP contribution in [0.4, 0.5) is 0 Å². The minimum Gasteiger partial charge on any atom is -0.489 e. The van der Waals surface area contributed by atoms with E-state index in [1.165, 1.54) is 5.39 Å². The van der Waals surface area contributed by atoms with Crippen LogP contribution in [0.25, 0.3) is 10.8 Å². The largest absolute Gasteiger partial charge is 0.489 e. The van der Waals surface area contributed by atoms with Crippen molar-refractivity contribution >= 4 is 20.6 Å². The highest BCUT2D eigenvalue weighted by Crippen LogP contribution is 2.40. The Morgan fingerprint density at radius 1 is 0.955 bits per heavy atom.